The average Bonchev–Trinajstić information content (AvgIpc) is 2.08. The molecule has 0 spiro atoms. The van der Waals surface area contributed by atoms with E-state index in [1.54, 1.807) is 0 Å². The summed E-state index contributed by atoms with van der Waals surface area (Å²) >= 11 is 0. The van der Waals surface area contributed by atoms with Gasteiger partial charge in [0.15, 0.2) is 0 Å². The Morgan fingerprint density at radius 1 is 1.21 bits per heavy atom. The molecule has 0 aromatic heterocycles. The fourth-order valence-electron chi connectivity index (χ4n) is 2.47. The van der Waals surface area contributed by atoms with Crippen LogP contribution in [0.1, 0.15) is 65.7 Å². The van der Waals surface area contributed by atoms with E-state index < -0.39 is 0 Å². The van der Waals surface area contributed by atoms with Gasteiger partial charge >= 0.3 is 0 Å². The molecule has 0 aromatic carbocycles. The van der Waals surface area contributed by atoms with Crippen LogP contribution >= 0.6 is 0 Å². The van der Waals surface area contributed by atoms with E-state index in [4.69, 9.17) is 0 Å². The average molecular weight is 198 g/mol. The van der Waals surface area contributed by atoms with E-state index >= 15 is 0 Å². The molecule has 0 radical (unpaired) electrons. The summed E-state index contributed by atoms with van der Waals surface area (Å²) in [5.74, 6) is 1.54. The molecule has 0 bridgehead atoms. The highest BCUT2D eigenvalue weighted by atomic mass is 16.3. The molecule has 1 saturated carbocycles. The second-order valence-electron chi connectivity index (χ2n) is 5.45. The third-order valence-electron chi connectivity index (χ3n) is 3.72. The summed E-state index contributed by atoms with van der Waals surface area (Å²) in [6, 6.07) is 0. The van der Waals surface area contributed by atoms with Crippen LogP contribution in [-0.2, 0) is 0 Å². The summed E-state index contributed by atoms with van der Waals surface area (Å²) in [5.41, 5.74) is -0.275. The van der Waals surface area contributed by atoms with Crippen molar-refractivity contribution in [3.8, 4) is 0 Å². The van der Waals surface area contributed by atoms with Crippen molar-refractivity contribution in [2.24, 2.45) is 11.8 Å². The number of hydrogen-bond donors (Lipinski definition) is 1. The van der Waals surface area contributed by atoms with Crippen LogP contribution in [0.2, 0.25) is 0 Å². The van der Waals surface area contributed by atoms with Crippen LogP contribution < -0.4 is 0 Å². The Morgan fingerprint density at radius 2 is 1.86 bits per heavy atom. The van der Waals surface area contributed by atoms with E-state index in [1.807, 2.05) is 0 Å². The predicted molar refractivity (Wildman–Crippen MR) is 61.3 cm³/mol. The van der Waals surface area contributed by atoms with Crippen LogP contribution in [0.3, 0.4) is 0 Å². The topological polar surface area (TPSA) is 20.2 Å². The highest BCUT2D eigenvalue weighted by molar-refractivity contribution is 4.94. The minimum atomic E-state index is -0.275. The Labute approximate surface area is 88.9 Å². The first-order valence-electron chi connectivity index (χ1n) is 6.30. The van der Waals surface area contributed by atoms with Crippen LogP contribution in [0.5, 0.6) is 0 Å². The fourth-order valence-corrected chi connectivity index (χ4v) is 2.47. The van der Waals surface area contributed by atoms with Gasteiger partial charge in [-0.15, -0.1) is 0 Å². The van der Waals surface area contributed by atoms with E-state index in [0.29, 0.717) is 0 Å². The van der Waals surface area contributed by atoms with Crippen LogP contribution in [0.15, 0.2) is 0 Å². The largest absolute Gasteiger partial charge is 0.390 e. The fraction of sp³-hybridized carbons (Fsp3) is 1.00. The summed E-state index contributed by atoms with van der Waals surface area (Å²) in [6.07, 6.45) is 8.26. The zero-order valence-electron chi connectivity index (χ0n) is 10.1. The predicted octanol–water partition coefficient (Wildman–Crippen LogP) is 3.75. The minimum absolute atomic E-state index is 0.275. The van der Waals surface area contributed by atoms with Crippen molar-refractivity contribution in [3.63, 3.8) is 0 Å². The normalized spacial score (nSPS) is 31.9. The zero-order chi connectivity index (χ0) is 10.6. The van der Waals surface area contributed by atoms with Crippen LogP contribution in [0.25, 0.3) is 0 Å². The summed E-state index contributed by atoms with van der Waals surface area (Å²) in [6.45, 7) is 6.76. The van der Waals surface area contributed by atoms with Gasteiger partial charge in [0.2, 0.25) is 0 Å². The SMILES string of the molecule is CCCCCCC1(O)CC(C(C)C)C1. The number of hydrogen-bond acceptors (Lipinski definition) is 1. The lowest BCUT2D eigenvalue weighted by molar-refractivity contribution is -0.0936. The quantitative estimate of drug-likeness (QED) is 0.644. The van der Waals surface area contributed by atoms with Gasteiger partial charge in [0.05, 0.1) is 5.60 Å². The number of aliphatic hydroxyl groups is 1. The summed E-state index contributed by atoms with van der Waals surface area (Å²) in [4.78, 5) is 0. The second-order valence-corrected chi connectivity index (χ2v) is 5.45. The first-order valence-corrected chi connectivity index (χ1v) is 6.30. The molecule has 1 rings (SSSR count). The molecule has 84 valence electrons. The smallest absolute Gasteiger partial charge is 0.0653 e. The Balaban J connectivity index is 2.08. The van der Waals surface area contributed by atoms with E-state index in [9.17, 15) is 5.11 Å². The molecule has 1 heteroatoms. The summed E-state index contributed by atoms with van der Waals surface area (Å²) < 4.78 is 0. The van der Waals surface area contributed by atoms with Crippen molar-refractivity contribution >= 4 is 0 Å². The van der Waals surface area contributed by atoms with Gasteiger partial charge in [-0.2, -0.15) is 0 Å². The first kappa shape index (κ1) is 12.0. The molecule has 1 aliphatic carbocycles. The van der Waals surface area contributed by atoms with Gasteiger partial charge in [0, 0.05) is 0 Å². The van der Waals surface area contributed by atoms with Gasteiger partial charge in [-0.25, -0.2) is 0 Å². The lowest BCUT2D eigenvalue weighted by atomic mass is 9.64. The molecule has 1 nitrogen and oxygen atoms in total. The lowest BCUT2D eigenvalue weighted by Gasteiger charge is -2.46. The maximum absolute atomic E-state index is 10.1. The molecule has 1 fully saturated rings. The van der Waals surface area contributed by atoms with Crippen molar-refractivity contribution < 1.29 is 5.11 Å². The Kier molecular flexibility index (Phi) is 4.43. The summed E-state index contributed by atoms with van der Waals surface area (Å²) in [7, 11) is 0. The highest BCUT2D eigenvalue weighted by Crippen LogP contribution is 2.44. The van der Waals surface area contributed by atoms with Crippen molar-refractivity contribution in [3.05, 3.63) is 0 Å². The molecule has 0 atom stereocenters. The van der Waals surface area contributed by atoms with Gasteiger partial charge in [-0.1, -0.05) is 46.5 Å². The van der Waals surface area contributed by atoms with Crippen LogP contribution in [-0.4, -0.2) is 10.7 Å². The highest BCUT2D eigenvalue weighted by Gasteiger charge is 2.42. The third kappa shape index (κ3) is 3.27. The van der Waals surface area contributed by atoms with Crippen LogP contribution in [0, 0.1) is 11.8 Å². The molecule has 14 heavy (non-hydrogen) atoms. The lowest BCUT2D eigenvalue weighted by Crippen LogP contribution is -2.45. The zero-order valence-corrected chi connectivity index (χ0v) is 10.1. The Hall–Kier alpha value is -0.0400. The molecule has 1 N–H and O–H groups in total. The molecule has 0 aromatic rings. The van der Waals surface area contributed by atoms with E-state index in [0.717, 1.165) is 31.1 Å². The molecule has 0 amide bonds. The molecule has 0 aliphatic heterocycles. The van der Waals surface area contributed by atoms with Crippen molar-refractivity contribution in [1.29, 1.82) is 0 Å². The molecular weight excluding hydrogens is 172 g/mol. The van der Waals surface area contributed by atoms with Gasteiger partial charge in [0.1, 0.15) is 0 Å². The number of unbranched alkanes of at least 4 members (excludes halogenated alkanes) is 3. The molecule has 0 unspecified atom stereocenters. The van der Waals surface area contributed by atoms with E-state index in [2.05, 4.69) is 20.8 Å². The molecule has 1 aliphatic rings. The molecular formula is C13H26O. The third-order valence-corrected chi connectivity index (χ3v) is 3.72. The number of rotatable bonds is 6. The maximum Gasteiger partial charge on any atom is 0.0653 e. The van der Waals surface area contributed by atoms with Crippen molar-refractivity contribution in [1.82, 2.24) is 0 Å². The monoisotopic (exact) mass is 198 g/mol. The second kappa shape index (κ2) is 5.16. The van der Waals surface area contributed by atoms with Crippen LogP contribution in [0.4, 0.5) is 0 Å². The van der Waals surface area contributed by atoms with Gasteiger partial charge in [0.25, 0.3) is 0 Å². The van der Waals surface area contributed by atoms with Crippen molar-refractivity contribution in [2.45, 2.75) is 71.3 Å². The van der Waals surface area contributed by atoms with E-state index in [-0.39, 0.29) is 5.60 Å². The minimum Gasteiger partial charge on any atom is -0.390 e. The summed E-state index contributed by atoms with van der Waals surface area (Å²) in [5, 5.41) is 10.1. The molecule has 0 saturated heterocycles. The van der Waals surface area contributed by atoms with Gasteiger partial charge in [-0.05, 0) is 31.1 Å². The first-order chi connectivity index (χ1) is 6.57. The molecule has 0 heterocycles. The van der Waals surface area contributed by atoms with E-state index in [1.165, 1.54) is 25.7 Å². The van der Waals surface area contributed by atoms with Gasteiger partial charge in [-0.3, -0.25) is 0 Å². The Bertz CT molecular complexity index is 157. The van der Waals surface area contributed by atoms with Crippen molar-refractivity contribution in [2.75, 3.05) is 0 Å². The maximum atomic E-state index is 10.1. The standard InChI is InChI=1S/C13H26O/c1-4-5-6-7-8-13(14)9-12(10-13)11(2)3/h11-12,14H,4-10H2,1-3H3. The van der Waals surface area contributed by atoms with Gasteiger partial charge < -0.3 is 5.11 Å². The Morgan fingerprint density at radius 3 is 2.36 bits per heavy atom.